The molecule has 0 saturated carbocycles. The van der Waals surface area contributed by atoms with Gasteiger partial charge in [0.15, 0.2) is 0 Å². The van der Waals surface area contributed by atoms with E-state index in [4.69, 9.17) is 0 Å². The summed E-state index contributed by atoms with van der Waals surface area (Å²) in [7, 11) is 0. The maximum absolute atomic E-state index is 14.0. The molecule has 1 aliphatic rings. The SMILES string of the molecule is Fc1cccc(C2CNCCC2c2ccccc2F)c1. The van der Waals surface area contributed by atoms with Crippen LogP contribution in [0.15, 0.2) is 48.5 Å². The van der Waals surface area contributed by atoms with Crippen molar-refractivity contribution in [1.29, 1.82) is 0 Å². The van der Waals surface area contributed by atoms with E-state index in [9.17, 15) is 8.78 Å². The van der Waals surface area contributed by atoms with Crippen LogP contribution in [0.25, 0.3) is 0 Å². The lowest BCUT2D eigenvalue weighted by molar-refractivity contribution is 0.392. The second-order valence-corrected chi connectivity index (χ2v) is 5.28. The van der Waals surface area contributed by atoms with Crippen molar-refractivity contribution in [3.8, 4) is 0 Å². The third-order valence-corrected chi connectivity index (χ3v) is 4.06. The molecule has 1 saturated heterocycles. The quantitative estimate of drug-likeness (QED) is 0.877. The van der Waals surface area contributed by atoms with Crippen molar-refractivity contribution in [3.05, 3.63) is 71.3 Å². The van der Waals surface area contributed by atoms with Crippen molar-refractivity contribution < 1.29 is 8.78 Å². The van der Waals surface area contributed by atoms with Gasteiger partial charge in [-0.1, -0.05) is 30.3 Å². The van der Waals surface area contributed by atoms with Gasteiger partial charge in [-0.05, 0) is 48.2 Å². The molecule has 20 heavy (non-hydrogen) atoms. The lowest BCUT2D eigenvalue weighted by atomic mass is 9.77. The number of hydrogen-bond donors (Lipinski definition) is 1. The van der Waals surface area contributed by atoms with Crippen LogP contribution in [-0.4, -0.2) is 13.1 Å². The molecule has 1 N–H and O–H groups in total. The van der Waals surface area contributed by atoms with Crippen LogP contribution in [0, 0.1) is 11.6 Å². The summed E-state index contributed by atoms with van der Waals surface area (Å²) in [5, 5.41) is 3.33. The molecule has 2 aromatic rings. The Morgan fingerprint density at radius 2 is 1.80 bits per heavy atom. The first-order chi connectivity index (χ1) is 9.75. The van der Waals surface area contributed by atoms with Gasteiger partial charge in [0.05, 0.1) is 0 Å². The Kier molecular flexibility index (Phi) is 3.79. The van der Waals surface area contributed by atoms with Crippen molar-refractivity contribution in [2.24, 2.45) is 0 Å². The number of nitrogens with one attached hydrogen (secondary N) is 1. The highest BCUT2D eigenvalue weighted by molar-refractivity contribution is 5.31. The Balaban J connectivity index is 1.98. The van der Waals surface area contributed by atoms with Crippen LogP contribution in [-0.2, 0) is 0 Å². The molecule has 0 aromatic heterocycles. The first-order valence-corrected chi connectivity index (χ1v) is 6.96. The lowest BCUT2D eigenvalue weighted by Crippen LogP contribution is -2.34. The fourth-order valence-corrected chi connectivity index (χ4v) is 3.09. The zero-order chi connectivity index (χ0) is 13.9. The maximum Gasteiger partial charge on any atom is 0.126 e. The molecule has 1 nitrogen and oxygen atoms in total. The van der Waals surface area contributed by atoms with Gasteiger partial charge in [0.1, 0.15) is 11.6 Å². The van der Waals surface area contributed by atoms with Crippen molar-refractivity contribution in [2.75, 3.05) is 13.1 Å². The predicted octanol–water partition coefficient (Wildman–Crippen LogP) is 3.83. The summed E-state index contributed by atoms with van der Waals surface area (Å²) in [6.07, 6.45) is 0.863. The summed E-state index contributed by atoms with van der Waals surface area (Å²) in [5.41, 5.74) is 1.67. The van der Waals surface area contributed by atoms with Gasteiger partial charge in [-0.2, -0.15) is 0 Å². The van der Waals surface area contributed by atoms with E-state index in [2.05, 4.69) is 5.32 Å². The Morgan fingerprint density at radius 1 is 0.950 bits per heavy atom. The van der Waals surface area contributed by atoms with Crippen LogP contribution in [0.1, 0.15) is 29.4 Å². The summed E-state index contributed by atoms with van der Waals surface area (Å²) >= 11 is 0. The Bertz CT molecular complexity index is 597. The minimum Gasteiger partial charge on any atom is -0.316 e. The van der Waals surface area contributed by atoms with Crippen LogP contribution in [0.2, 0.25) is 0 Å². The largest absolute Gasteiger partial charge is 0.316 e. The van der Waals surface area contributed by atoms with E-state index in [1.165, 1.54) is 12.1 Å². The van der Waals surface area contributed by atoms with Crippen molar-refractivity contribution in [2.45, 2.75) is 18.3 Å². The molecule has 1 aliphatic heterocycles. The average Bonchev–Trinajstić information content (AvgIpc) is 2.48. The standard InChI is InChI=1S/C17H17F2N/c18-13-5-3-4-12(10-13)16-11-20-9-8-14(16)15-6-1-2-7-17(15)19/h1-7,10,14,16,20H,8-9,11H2. The first-order valence-electron chi connectivity index (χ1n) is 6.96. The Labute approximate surface area is 117 Å². The minimum absolute atomic E-state index is 0.0965. The molecular formula is C17H17F2N. The predicted molar refractivity (Wildman–Crippen MR) is 75.8 cm³/mol. The van der Waals surface area contributed by atoms with E-state index in [-0.39, 0.29) is 23.5 Å². The van der Waals surface area contributed by atoms with Gasteiger partial charge < -0.3 is 5.32 Å². The van der Waals surface area contributed by atoms with Gasteiger partial charge in [-0.3, -0.25) is 0 Å². The average molecular weight is 273 g/mol. The minimum atomic E-state index is -0.236. The second kappa shape index (κ2) is 5.71. The smallest absolute Gasteiger partial charge is 0.126 e. The molecule has 2 aromatic carbocycles. The van der Waals surface area contributed by atoms with Gasteiger partial charge in [-0.25, -0.2) is 8.78 Å². The molecule has 3 rings (SSSR count). The fourth-order valence-electron chi connectivity index (χ4n) is 3.09. The number of rotatable bonds is 2. The molecule has 0 spiro atoms. The molecule has 2 unspecified atom stereocenters. The highest BCUT2D eigenvalue weighted by Crippen LogP contribution is 2.38. The molecule has 104 valence electrons. The Morgan fingerprint density at radius 3 is 2.60 bits per heavy atom. The van der Waals surface area contributed by atoms with Gasteiger partial charge in [0, 0.05) is 12.5 Å². The third kappa shape index (κ3) is 2.59. The normalized spacial score (nSPS) is 22.7. The van der Waals surface area contributed by atoms with E-state index in [1.54, 1.807) is 18.2 Å². The number of piperidine rings is 1. The van der Waals surface area contributed by atoms with Gasteiger partial charge in [0.25, 0.3) is 0 Å². The molecule has 2 atom stereocenters. The van der Waals surface area contributed by atoms with Crippen molar-refractivity contribution >= 4 is 0 Å². The molecule has 3 heteroatoms. The number of benzene rings is 2. The summed E-state index contributed by atoms with van der Waals surface area (Å²) in [4.78, 5) is 0. The third-order valence-electron chi connectivity index (χ3n) is 4.06. The Hall–Kier alpha value is -1.74. The van der Waals surface area contributed by atoms with E-state index in [0.717, 1.165) is 30.6 Å². The fraction of sp³-hybridized carbons (Fsp3) is 0.294. The zero-order valence-corrected chi connectivity index (χ0v) is 11.2. The zero-order valence-electron chi connectivity index (χ0n) is 11.2. The van der Waals surface area contributed by atoms with E-state index < -0.39 is 0 Å². The van der Waals surface area contributed by atoms with Crippen molar-refractivity contribution in [1.82, 2.24) is 5.32 Å². The maximum atomic E-state index is 14.0. The molecule has 0 amide bonds. The topological polar surface area (TPSA) is 12.0 Å². The molecule has 1 heterocycles. The molecule has 0 radical (unpaired) electrons. The summed E-state index contributed by atoms with van der Waals surface area (Å²) in [5.74, 6) is -0.197. The second-order valence-electron chi connectivity index (χ2n) is 5.28. The van der Waals surface area contributed by atoms with Crippen LogP contribution >= 0.6 is 0 Å². The van der Waals surface area contributed by atoms with Crippen LogP contribution in [0.4, 0.5) is 8.78 Å². The summed E-state index contributed by atoms with van der Waals surface area (Å²) < 4.78 is 27.5. The summed E-state index contributed by atoms with van der Waals surface area (Å²) in [6, 6.07) is 13.6. The molecule has 0 bridgehead atoms. The lowest BCUT2D eigenvalue weighted by Gasteiger charge is -2.33. The molecule has 1 fully saturated rings. The highest BCUT2D eigenvalue weighted by Gasteiger charge is 2.29. The highest BCUT2D eigenvalue weighted by atomic mass is 19.1. The molecule has 0 aliphatic carbocycles. The van der Waals surface area contributed by atoms with Crippen LogP contribution < -0.4 is 5.32 Å². The number of halogens is 2. The summed E-state index contributed by atoms with van der Waals surface area (Å²) in [6.45, 7) is 1.62. The van der Waals surface area contributed by atoms with E-state index in [1.807, 2.05) is 18.2 Å². The first kappa shape index (κ1) is 13.3. The van der Waals surface area contributed by atoms with Crippen LogP contribution in [0.3, 0.4) is 0 Å². The molecular weight excluding hydrogens is 256 g/mol. The van der Waals surface area contributed by atoms with Gasteiger partial charge in [0.2, 0.25) is 0 Å². The number of hydrogen-bond acceptors (Lipinski definition) is 1. The van der Waals surface area contributed by atoms with Gasteiger partial charge in [-0.15, -0.1) is 0 Å². The monoisotopic (exact) mass is 273 g/mol. The van der Waals surface area contributed by atoms with Crippen molar-refractivity contribution in [3.63, 3.8) is 0 Å². The van der Waals surface area contributed by atoms with Gasteiger partial charge >= 0.3 is 0 Å². The van der Waals surface area contributed by atoms with E-state index >= 15 is 0 Å². The van der Waals surface area contributed by atoms with E-state index in [0.29, 0.717) is 0 Å². The van der Waals surface area contributed by atoms with Crippen LogP contribution in [0.5, 0.6) is 0 Å².